The minimum atomic E-state index is 0.184. The first kappa shape index (κ1) is 13.3. The number of hydrogen-bond acceptors (Lipinski definition) is 2. The predicted octanol–water partition coefficient (Wildman–Crippen LogP) is 1.26. The molecular formula is C17H24N3O+. The molecule has 0 atom stereocenters. The van der Waals surface area contributed by atoms with Crippen LogP contribution in [0, 0.1) is 0 Å². The molecule has 4 nitrogen and oxygen atoms in total. The van der Waals surface area contributed by atoms with E-state index in [0.717, 1.165) is 55.9 Å². The zero-order valence-corrected chi connectivity index (χ0v) is 12.6. The molecule has 3 fully saturated rings. The molecule has 1 amide bonds. The van der Waals surface area contributed by atoms with Crippen LogP contribution in [0.2, 0.25) is 0 Å². The summed E-state index contributed by atoms with van der Waals surface area (Å²) in [6.45, 7) is 7.53. The van der Waals surface area contributed by atoms with E-state index in [1.54, 1.807) is 0 Å². The summed E-state index contributed by atoms with van der Waals surface area (Å²) in [6, 6.07) is 6.43. The zero-order chi connectivity index (χ0) is 14.3. The molecular weight excluding hydrogens is 262 g/mol. The number of aryl methyl sites for hydroxylation is 2. The van der Waals surface area contributed by atoms with Gasteiger partial charge in [-0.2, -0.15) is 0 Å². The summed E-state index contributed by atoms with van der Waals surface area (Å²) in [4.78, 5) is 14.9. The topological polar surface area (TPSA) is 32.3 Å². The van der Waals surface area contributed by atoms with Crippen molar-refractivity contribution in [1.29, 1.82) is 0 Å². The van der Waals surface area contributed by atoms with Crippen molar-refractivity contribution >= 4 is 11.6 Å². The highest BCUT2D eigenvalue weighted by atomic mass is 16.2. The van der Waals surface area contributed by atoms with Crippen molar-refractivity contribution in [3.8, 4) is 0 Å². The number of amides is 1. The van der Waals surface area contributed by atoms with E-state index in [1.165, 1.54) is 24.0 Å². The highest BCUT2D eigenvalue weighted by Crippen LogP contribution is 2.25. The Kier molecular flexibility index (Phi) is 3.23. The molecule has 1 N–H and O–H groups in total. The number of anilines is 1. The maximum absolute atomic E-state index is 12.4. The number of nitrogens with one attached hydrogen (secondary N) is 1. The number of fused-ring (bicyclic) bond motifs is 4. The molecule has 0 aromatic heterocycles. The van der Waals surface area contributed by atoms with Crippen LogP contribution >= 0.6 is 0 Å². The molecule has 21 heavy (non-hydrogen) atoms. The minimum Gasteiger partial charge on any atom is -0.321 e. The SMILES string of the molecule is O=C(C[N+]12CCN(CC1)CC2)Nc1ccc2c(c1)CCC2. The molecule has 4 heteroatoms. The zero-order valence-electron chi connectivity index (χ0n) is 12.6. The first-order valence-electron chi connectivity index (χ1n) is 8.22. The average molecular weight is 286 g/mol. The van der Waals surface area contributed by atoms with E-state index in [1.807, 2.05) is 0 Å². The second kappa shape index (κ2) is 5.11. The van der Waals surface area contributed by atoms with Gasteiger partial charge in [-0.3, -0.25) is 9.69 Å². The number of hydrogen-bond donors (Lipinski definition) is 1. The van der Waals surface area contributed by atoms with Gasteiger partial charge in [-0.25, -0.2) is 0 Å². The minimum absolute atomic E-state index is 0.184. The van der Waals surface area contributed by atoms with Crippen LogP contribution in [-0.4, -0.2) is 61.1 Å². The first-order chi connectivity index (χ1) is 10.2. The van der Waals surface area contributed by atoms with Crippen LogP contribution in [0.15, 0.2) is 18.2 Å². The Labute approximate surface area is 126 Å². The molecule has 1 aromatic carbocycles. The fourth-order valence-corrected chi connectivity index (χ4v) is 4.12. The number of piperazine rings is 3. The molecule has 2 bridgehead atoms. The molecule has 4 aliphatic rings. The predicted molar refractivity (Wildman–Crippen MR) is 83.3 cm³/mol. The van der Waals surface area contributed by atoms with Gasteiger partial charge in [-0.15, -0.1) is 0 Å². The molecule has 5 rings (SSSR count). The normalized spacial score (nSPS) is 30.2. The number of carbonyl (C=O) groups excluding carboxylic acids is 1. The maximum Gasteiger partial charge on any atom is 0.279 e. The monoisotopic (exact) mass is 286 g/mol. The van der Waals surface area contributed by atoms with E-state index in [4.69, 9.17) is 0 Å². The van der Waals surface area contributed by atoms with Crippen LogP contribution in [0.4, 0.5) is 5.69 Å². The summed E-state index contributed by atoms with van der Waals surface area (Å²) >= 11 is 0. The summed E-state index contributed by atoms with van der Waals surface area (Å²) < 4.78 is 0.993. The molecule has 0 saturated carbocycles. The number of rotatable bonds is 3. The van der Waals surface area contributed by atoms with Gasteiger partial charge in [0.1, 0.15) is 0 Å². The number of benzene rings is 1. The van der Waals surface area contributed by atoms with E-state index < -0.39 is 0 Å². The second-order valence-electron chi connectivity index (χ2n) is 6.90. The van der Waals surface area contributed by atoms with Gasteiger partial charge in [0.05, 0.1) is 19.6 Å². The third-order valence-corrected chi connectivity index (χ3v) is 5.53. The van der Waals surface area contributed by atoms with Gasteiger partial charge in [0.2, 0.25) is 0 Å². The summed E-state index contributed by atoms with van der Waals surface area (Å²) in [6.07, 6.45) is 3.61. The van der Waals surface area contributed by atoms with Crippen LogP contribution < -0.4 is 5.32 Å². The lowest BCUT2D eigenvalue weighted by Crippen LogP contribution is -2.68. The fourth-order valence-electron chi connectivity index (χ4n) is 4.12. The van der Waals surface area contributed by atoms with Gasteiger partial charge in [0, 0.05) is 25.3 Å². The standard InChI is InChI=1S/C17H23N3O/c21-17(13-20-9-6-19(7-10-20)8-11-20)18-16-5-4-14-2-1-3-15(14)12-16/h4-5,12H,1-3,6-11,13H2/p+1. The smallest absolute Gasteiger partial charge is 0.279 e. The second-order valence-corrected chi connectivity index (χ2v) is 6.90. The van der Waals surface area contributed by atoms with Gasteiger partial charge >= 0.3 is 0 Å². The molecule has 112 valence electrons. The van der Waals surface area contributed by atoms with Crippen LogP contribution in [-0.2, 0) is 17.6 Å². The summed E-state index contributed by atoms with van der Waals surface area (Å²) in [5.74, 6) is 0.184. The van der Waals surface area contributed by atoms with E-state index in [2.05, 4.69) is 28.4 Å². The number of quaternary nitrogens is 1. The van der Waals surface area contributed by atoms with Gasteiger partial charge in [0.25, 0.3) is 5.91 Å². The number of nitrogens with zero attached hydrogens (tertiary/aromatic N) is 2. The largest absolute Gasteiger partial charge is 0.321 e. The van der Waals surface area contributed by atoms with Crippen LogP contribution in [0.5, 0.6) is 0 Å². The third-order valence-electron chi connectivity index (χ3n) is 5.53. The summed E-state index contributed by atoms with van der Waals surface area (Å²) in [5.41, 5.74) is 3.86. The summed E-state index contributed by atoms with van der Waals surface area (Å²) in [5, 5.41) is 3.13. The molecule has 0 radical (unpaired) electrons. The van der Waals surface area contributed by atoms with Crippen molar-refractivity contribution < 1.29 is 9.28 Å². The van der Waals surface area contributed by atoms with Crippen LogP contribution in [0.25, 0.3) is 0 Å². The van der Waals surface area contributed by atoms with Gasteiger partial charge in [-0.1, -0.05) is 6.07 Å². The van der Waals surface area contributed by atoms with Crippen molar-refractivity contribution in [3.63, 3.8) is 0 Å². The Bertz CT molecular complexity index is 547. The van der Waals surface area contributed by atoms with Gasteiger partial charge in [-0.05, 0) is 42.5 Å². The first-order valence-corrected chi connectivity index (χ1v) is 8.22. The lowest BCUT2D eigenvalue weighted by Gasteiger charge is -2.50. The maximum atomic E-state index is 12.4. The molecule has 3 saturated heterocycles. The molecule has 3 heterocycles. The Morgan fingerprint density at radius 3 is 2.57 bits per heavy atom. The number of carbonyl (C=O) groups is 1. The average Bonchev–Trinajstić information content (AvgIpc) is 2.96. The lowest BCUT2D eigenvalue weighted by atomic mass is 10.1. The van der Waals surface area contributed by atoms with Crippen molar-refractivity contribution in [2.45, 2.75) is 19.3 Å². The molecule has 0 unspecified atom stereocenters. The summed E-state index contributed by atoms with van der Waals surface area (Å²) in [7, 11) is 0. The Morgan fingerprint density at radius 2 is 1.81 bits per heavy atom. The van der Waals surface area contributed by atoms with E-state index >= 15 is 0 Å². The quantitative estimate of drug-likeness (QED) is 0.849. The van der Waals surface area contributed by atoms with Crippen molar-refractivity contribution in [3.05, 3.63) is 29.3 Å². The Balaban J connectivity index is 1.41. The van der Waals surface area contributed by atoms with Crippen LogP contribution in [0.1, 0.15) is 17.5 Å². The highest BCUT2D eigenvalue weighted by Gasteiger charge is 2.39. The van der Waals surface area contributed by atoms with E-state index in [-0.39, 0.29) is 5.91 Å². The van der Waals surface area contributed by atoms with E-state index in [0.29, 0.717) is 6.54 Å². The molecule has 0 spiro atoms. The Morgan fingerprint density at radius 1 is 1.10 bits per heavy atom. The fraction of sp³-hybridized carbons (Fsp3) is 0.588. The van der Waals surface area contributed by atoms with Crippen molar-refractivity contribution in [1.82, 2.24) is 4.90 Å². The van der Waals surface area contributed by atoms with Gasteiger partial charge in [0.15, 0.2) is 6.54 Å². The lowest BCUT2D eigenvalue weighted by molar-refractivity contribution is -0.933. The molecule has 1 aliphatic carbocycles. The van der Waals surface area contributed by atoms with Gasteiger partial charge < -0.3 is 9.80 Å². The third kappa shape index (κ3) is 2.58. The van der Waals surface area contributed by atoms with Crippen LogP contribution in [0.3, 0.4) is 0 Å². The molecule has 3 aliphatic heterocycles. The molecule has 1 aromatic rings. The van der Waals surface area contributed by atoms with Crippen molar-refractivity contribution in [2.75, 3.05) is 51.1 Å². The Hall–Kier alpha value is -1.39. The van der Waals surface area contributed by atoms with E-state index in [9.17, 15) is 4.79 Å². The van der Waals surface area contributed by atoms with Crippen molar-refractivity contribution in [2.24, 2.45) is 0 Å². The highest BCUT2D eigenvalue weighted by molar-refractivity contribution is 5.91.